The summed E-state index contributed by atoms with van der Waals surface area (Å²) in [7, 11) is 0. The van der Waals surface area contributed by atoms with Crippen molar-refractivity contribution >= 4 is 11.7 Å². The lowest BCUT2D eigenvalue weighted by atomic mass is 10.3. The minimum atomic E-state index is -0.252. The Kier molecular flexibility index (Phi) is 4.33. The summed E-state index contributed by atoms with van der Waals surface area (Å²) in [6.45, 7) is 0.297. The third-order valence-electron chi connectivity index (χ3n) is 2.66. The van der Waals surface area contributed by atoms with Gasteiger partial charge in [-0.1, -0.05) is 23.4 Å². The second-order valence-electron chi connectivity index (χ2n) is 4.11. The molecule has 1 aromatic carbocycles. The van der Waals surface area contributed by atoms with E-state index in [0.29, 0.717) is 12.1 Å². The number of aromatic nitrogens is 2. The van der Waals surface area contributed by atoms with Gasteiger partial charge in [-0.15, -0.1) is 0 Å². The van der Waals surface area contributed by atoms with Gasteiger partial charge in [0.1, 0.15) is 5.84 Å². The Balaban J connectivity index is 1.97. The predicted octanol–water partition coefficient (Wildman–Crippen LogP) is 0.739. The van der Waals surface area contributed by atoms with Crippen LogP contribution in [0.25, 0.3) is 5.69 Å². The van der Waals surface area contributed by atoms with Crippen LogP contribution in [0.1, 0.15) is 16.8 Å². The van der Waals surface area contributed by atoms with E-state index < -0.39 is 0 Å². The smallest absolute Gasteiger partial charge is 0.254 e. The molecule has 0 aliphatic rings. The zero-order valence-electron chi connectivity index (χ0n) is 10.7. The topological polar surface area (TPSA) is 106 Å². The molecule has 1 aromatic heterocycles. The van der Waals surface area contributed by atoms with Gasteiger partial charge >= 0.3 is 0 Å². The van der Waals surface area contributed by atoms with Gasteiger partial charge in [-0.2, -0.15) is 5.10 Å². The molecule has 1 amide bonds. The van der Waals surface area contributed by atoms with Crippen molar-refractivity contribution in [1.82, 2.24) is 15.1 Å². The largest absolute Gasteiger partial charge is 0.409 e. The van der Waals surface area contributed by atoms with E-state index in [-0.39, 0.29) is 18.2 Å². The molecule has 1 heterocycles. The van der Waals surface area contributed by atoms with Crippen molar-refractivity contribution in [1.29, 1.82) is 0 Å². The summed E-state index contributed by atoms with van der Waals surface area (Å²) in [5, 5.41) is 18.0. The summed E-state index contributed by atoms with van der Waals surface area (Å²) in [6.07, 6.45) is 3.43. The highest BCUT2D eigenvalue weighted by Crippen LogP contribution is 2.07. The fourth-order valence-electron chi connectivity index (χ4n) is 1.62. The minimum absolute atomic E-state index is 0.0743. The quantitative estimate of drug-likeness (QED) is 0.323. The minimum Gasteiger partial charge on any atom is -0.409 e. The molecule has 0 unspecified atom stereocenters. The molecule has 0 spiro atoms. The number of amides is 1. The van der Waals surface area contributed by atoms with Crippen molar-refractivity contribution in [2.24, 2.45) is 10.9 Å². The van der Waals surface area contributed by atoms with E-state index >= 15 is 0 Å². The van der Waals surface area contributed by atoms with Gasteiger partial charge in [0.05, 0.1) is 17.4 Å². The number of benzene rings is 1. The van der Waals surface area contributed by atoms with Crippen LogP contribution in [-0.4, -0.2) is 33.3 Å². The van der Waals surface area contributed by atoms with E-state index in [4.69, 9.17) is 10.9 Å². The van der Waals surface area contributed by atoms with E-state index in [2.05, 4.69) is 15.6 Å². The lowest BCUT2D eigenvalue weighted by molar-refractivity contribution is 0.0954. The molecule has 104 valence electrons. The molecular weight excluding hydrogens is 258 g/mol. The molecule has 2 rings (SSSR count). The van der Waals surface area contributed by atoms with Crippen molar-refractivity contribution in [2.75, 3.05) is 6.54 Å². The average Bonchev–Trinajstić information content (AvgIpc) is 2.97. The number of oxime groups is 1. The Bertz CT molecular complexity index is 606. The van der Waals surface area contributed by atoms with Crippen LogP contribution in [0.4, 0.5) is 0 Å². The second kappa shape index (κ2) is 6.37. The highest BCUT2D eigenvalue weighted by molar-refractivity contribution is 5.94. The van der Waals surface area contributed by atoms with E-state index in [1.807, 2.05) is 30.3 Å². The van der Waals surface area contributed by atoms with Crippen LogP contribution in [0.3, 0.4) is 0 Å². The molecule has 0 radical (unpaired) electrons. The number of nitrogens with one attached hydrogen (secondary N) is 1. The highest BCUT2D eigenvalue weighted by atomic mass is 16.4. The van der Waals surface area contributed by atoms with Crippen LogP contribution in [0.5, 0.6) is 0 Å². The van der Waals surface area contributed by atoms with Crippen molar-refractivity contribution in [3.8, 4) is 5.69 Å². The van der Waals surface area contributed by atoms with Gasteiger partial charge in [0.2, 0.25) is 0 Å². The van der Waals surface area contributed by atoms with Gasteiger partial charge in [0, 0.05) is 19.2 Å². The molecule has 4 N–H and O–H groups in total. The summed E-state index contributed by atoms with van der Waals surface area (Å²) in [5.74, 6) is -0.178. The Morgan fingerprint density at radius 1 is 1.40 bits per heavy atom. The van der Waals surface area contributed by atoms with Crippen LogP contribution < -0.4 is 11.1 Å². The Hall–Kier alpha value is -2.83. The predicted molar refractivity (Wildman–Crippen MR) is 73.9 cm³/mol. The van der Waals surface area contributed by atoms with Crippen LogP contribution in [0.15, 0.2) is 47.9 Å². The van der Waals surface area contributed by atoms with Crippen LogP contribution in [0.2, 0.25) is 0 Å². The van der Waals surface area contributed by atoms with E-state index in [1.54, 1.807) is 10.9 Å². The fourth-order valence-corrected chi connectivity index (χ4v) is 1.62. The maximum Gasteiger partial charge on any atom is 0.254 e. The highest BCUT2D eigenvalue weighted by Gasteiger charge is 2.08. The molecule has 7 heteroatoms. The maximum absolute atomic E-state index is 11.9. The summed E-state index contributed by atoms with van der Waals surface area (Å²) in [6, 6.07) is 9.50. The van der Waals surface area contributed by atoms with Crippen molar-refractivity contribution in [3.05, 3.63) is 48.3 Å². The molecule has 0 bridgehead atoms. The molecule has 0 aliphatic heterocycles. The van der Waals surface area contributed by atoms with Crippen LogP contribution in [0, 0.1) is 0 Å². The van der Waals surface area contributed by atoms with Crippen molar-refractivity contribution < 1.29 is 10.0 Å². The van der Waals surface area contributed by atoms with E-state index in [1.165, 1.54) is 6.20 Å². The molecule has 0 fully saturated rings. The zero-order valence-corrected chi connectivity index (χ0v) is 10.7. The summed E-state index contributed by atoms with van der Waals surface area (Å²) in [4.78, 5) is 11.9. The number of nitrogens with two attached hydrogens (primary N) is 1. The number of amidine groups is 1. The third-order valence-corrected chi connectivity index (χ3v) is 2.66. The maximum atomic E-state index is 11.9. The molecule has 0 saturated carbocycles. The number of nitrogens with zero attached hydrogens (tertiary/aromatic N) is 3. The Morgan fingerprint density at radius 3 is 2.85 bits per heavy atom. The number of carbonyl (C=O) groups is 1. The van der Waals surface area contributed by atoms with E-state index in [9.17, 15) is 4.79 Å². The first-order valence-corrected chi connectivity index (χ1v) is 6.05. The Labute approximate surface area is 115 Å². The molecule has 0 saturated heterocycles. The SMILES string of the molecule is NC(CCNC(=O)c1cnn(-c2ccccc2)c1)=NO. The Morgan fingerprint density at radius 2 is 2.15 bits per heavy atom. The molecular formula is C13H15N5O2. The van der Waals surface area contributed by atoms with Gasteiger partial charge < -0.3 is 16.3 Å². The monoisotopic (exact) mass is 273 g/mol. The third kappa shape index (κ3) is 3.35. The molecule has 7 nitrogen and oxygen atoms in total. The summed E-state index contributed by atoms with van der Waals surface area (Å²) < 4.78 is 1.62. The van der Waals surface area contributed by atoms with E-state index in [0.717, 1.165) is 5.69 Å². The number of rotatable bonds is 5. The van der Waals surface area contributed by atoms with Gasteiger partial charge in [0.15, 0.2) is 0 Å². The second-order valence-corrected chi connectivity index (χ2v) is 4.11. The molecule has 20 heavy (non-hydrogen) atoms. The van der Waals surface area contributed by atoms with Crippen LogP contribution >= 0.6 is 0 Å². The first kappa shape index (κ1) is 13.6. The first-order valence-electron chi connectivity index (χ1n) is 6.05. The normalized spacial score (nSPS) is 11.3. The van der Waals surface area contributed by atoms with Gasteiger partial charge in [-0.05, 0) is 12.1 Å². The molecule has 0 atom stereocenters. The molecule has 2 aromatic rings. The van der Waals surface area contributed by atoms with Crippen LogP contribution in [-0.2, 0) is 0 Å². The van der Waals surface area contributed by atoms with Gasteiger partial charge in [-0.25, -0.2) is 4.68 Å². The summed E-state index contributed by atoms with van der Waals surface area (Å²) >= 11 is 0. The standard InChI is InChI=1S/C13H15N5O2/c14-12(17-20)6-7-15-13(19)10-8-16-18(9-10)11-4-2-1-3-5-11/h1-5,8-9,20H,6-7H2,(H2,14,17)(H,15,19). The van der Waals surface area contributed by atoms with Crippen molar-refractivity contribution in [2.45, 2.75) is 6.42 Å². The number of hydrogen-bond acceptors (Lipinski definition) is 4. The zero-order chi connectivity index (χ0) is 14.4. The van der Waals surface area contributed by atoms with Gasteiger partial charge in [-0.3, -0.25) is 4.79 Å². The average molecular weight is 273 g/mol. The lowest BCUT2D eigenvalue weighted by Crippen LogP contribution is -2.27. The number of hydrogen-bond donors (Lipinski definition) is 3. The number of para-hydroxylation sites is 1. The summed E-state index contributed by atoms with van der Waals surface area (Å²) in [5.41, 5.74) is 6.64. The number of carbonyl (C=O) groups excluding carboxylic acids is 1. The van der Waals surface area contributed by atoms with Crippen molar-refractivity contribution in [3.63, 3.8) is 0 Å². The van der Waals surface area contributed by atoms with Gasteiger partial charge in [0.25, 0.3) is 5.91 Å². The first-order chi connectivity index (χ1) is 9.70. The molecule has 0 aliphatic carbocycles. The lowest BCUT2D eigenvalue weighted by Gasteiger charge is -2.02. The fraction of sp³-hybridized carbons (Fsp3) is 0.154.